The molecule has 0 bridgehead atoms. The van der Waals surface area contributed by atoms with Gasteiger partial charge in [0.15, 0.2) is 0 Å². The first-order valence-corrected chi connectivity index (χ1v) is 7.73. The molecule has 0 N–H and O–H groups in total. The second-order valence-corrected chi connectivity index (χ2v) is 6.14. The Hall–Kier alpha value is -1.26. The standard InChI is InChI=1S/C15H19N3S/c1-12-4-2-6-14(17-12)11-18-8-3-5-13(10-18)15-16-7-9-19-15/h2,4,6-7,9,13H,3,5,8,10-11H2,1H3. The van der Waals surface area contributed by atoms with Gasteiger partial charge < -0.3 is 0 Å². The van der Waals surface area contributed by atoms with Crippen molar-refractivity contribution < 1.29 is 0 Å². The van der Waals surface area contributed by atoms with Crippen molar-refractivity contribution in [3.63, 3.8) is 0 Å². The number of thiazole rings is 1. The molecule has 3 heterocycles. The fraction of sp³-hybridized carbons (Fsp3) is 0.467. The minimum Gasteiger partial charge on any atom is -0.297 e. The molecule has 0 aromatic carbocycles. The molecule has 4 heteroatoms. The van der Waals surface area contributed by atoms with E-state index in [4.69, 9.17) is 0 Å². The van der Waals surface area contributed by atoms with E-state index in [1.807, 2.05) is 6.20 Å². The lowest BCUT2D eigenvalue weighted by atomic mass is 9.98. The number of likely N-dealkylation sites (tertiary alicyclic amines) is 1. The van der Waals surface area contributed by atoms with Crippen LogP contribution in [-0.2, 0) is 6.54 Å². The van der Waals surface area contributed by atoms with Gasteiger partial charge in [-0.1, -0.05) is 6.07 Å². The maximum atomic E-state index is 4.60. The Morgan fingerprint density at radius 1 is 1.42 bits per heavy atom. The van der Waals surface area contributed by atoms with Crippen molar-refractivity contribution in [1.29, 1.82) is 0 Å². The second-order valence-electron chi connectivity index (χ2n) is 5.21. The maximum absolute atomic E-state index is 4.60. The van der Waals surface area contributed by atoms with Crippen LogP contribution in [0, 0.1) is 6.92 Å². The lowest BCUT2D eigenvalue weighted by Crippen LogP contribution is -2.34. The molecule has 1 unspecified atom stereocenters. The summed E-state index contributed by atoms with van der Waals surface area (Å²) in [4.78, 5) is 11.6. The van der Waals surface area contributed by atoms with Crippen LogP contribution in [-0.4, -0.2) is 28.0 Å². The summed E-state index contributed by atoms with van der Waals surface area (Å²) in [6, 6.07) is 6.28. The molecule has 0 amide bonds. The Kier molecular flexibility index (Phi) is 3.89. The number of piperidine rings is 1. The molecular formula is C15H19N3S. The topological polar surface area (TPSA) is 29.0 Å². The molecule has 0 spiro atoms. The third-order valence-electron chi connectivity index (χ3n) is 3.64. The Balaban J connectivity index is 1.65. The van der Waals surface area contributed by atoms with Crippen LogP contribution in [0.5, 0.6) is 0 Å². The number of aryl methyl sites for hydroxylation is 1. The van der Waals surface area contributed by atoms with Crippen LogP contribution in [0.2, 0.25) is 0 Å². The van der Waals surface area contributed by atoms with Gasteiger partial charge in [-0.15, -0.1) is 11.3 Å². The lowest BCUT2D eigenvalue weighted by molar-refractivity contribution is 0.198. The summed E-state index contributed by atoms with van der Waals surface area (Å²) in [7, 11) is 0. The van der Waals surface area contributed by atoms with Gasteiger partial charge >= 0.3 is 0 Å². The summed E-state index contributed by atoms with van der Waals surface area (Å²) in [5.74, 6) is 0.610. The Labute approximate surface area is 118 Å². The minimum atomic E-state index is 0.610. The highest BCUT2D eigenvalue weighted by Crippen LogP contribution is 2.28. The van der Waals surface area contributed by atoms with Gasteiger partial charge in [-0.2, -0.15) is 0 Å². The molecule has 2 aromatic heterocycles. The van der Waals surface area contributed by atoms with E-state index in [1.54, 1.807) is 11.3 Å². The van der Waals surface area contributed by atoms with Gasteiger partial charge in [0, 0.05) is 36.3 Å². The largest absolute Gasteiger partial charge is 0.297 e. The third-order valence-corrected chi connectivity index (χ3v) is 4.58. The summed E-state index contributed by atoms with van der Waals surface area (Å²) in [6.45, 7) is 5.31. The van der Waals surface area contributed by atoms with Crippen molar-refractivity contribution in [3.05, 3.63) is 46.2 Å². The zero-order valence-corrected chi connectivity index (χ0v) is 12.1. The van der Waals surface area contributed by atoms with E-state index >= 15 is 0 Å². The quantitative estimate of drug-likeness (QED) is 0.859. The number of hydrogen-bond donors (Lipinski definition) is 0. The van der Waals surface area contributed by atoms with E-state index in [0.29, 0.717) is 5.92 Å². The predicted molar refractivity (Wildman–Crippen MR) is 78.3 cm³/mol. The van der Waals surface area contributed by atoms with Crippen LogP contribution >= 0.6 is 11.3 Å². The number of pyridine rings is 1. The van der Waals surface area contributed by atoms with Crippen LogP contribution in [0.4, 0.5) is 0 Å². The molecule has 100 valence electrons. The van der Waals surface area contributed by atoms with Crippen molar-refractivity contribution in [2.24, 2.45) is 0 Å². The van der Waals surface area contributed by atoms with Gasteiger partial charge in [0.05, 0.1) is 10.7 Å². The Morgan fingerprint density at radius 2 is 2.37 bits per heavy atom. The van der Waals surface area contributed by atoms with Gasteiger partial charge in [-0.3, -0.25) is 9.88 Å². The van der Waals surface area contributed by atoms with Crippen molar-refractivity contribution >= 4 is 11.3 Å². The smallest absolute Gasteiger partial charge is 0.0968 e. The number of nitrogens with zero attached hydrogens (tertiary/aromatic N) is 3. The summed E-state index contributed by atoms with van der Waals surface area (Å²) in [5.41, 5.74) is 2.28. The third kappa shape index (κ3) is 3.19. The highest BCUT2D eigenvalue weighted by molar-refractivity contribution is 7.09. The average molecular weight is 273 g/mol. The molecule has 2 aromatic rings. The first-order valence-electron chi connectivity index (χ1n) is 6.85. The summed E-state index contributed by atoms with van der Waals surface area (Å²) in [6.07, 6.45) is 4.45. The summed E-state index contributed by atoms with van der Waals surface area (Å²) < 4.78 is 0. The van der Waals surface area contributed by atoms with Crippen LogP contribution in [0.25, 0.3) is 0 Å². The van der Waals surface area contributed by atoms with Crippen LogP contribution in [0.1, 0.15) is 35.2 Å². The molecule has 1 aliphatic heterocycles. The molecule has 3 nitrogen and oxygen atoms in total. The van der Waals surface area contributed by atoms with E-state index in [1.165, 1.54) is 30.1 Å². The molecular weight excluding hydrogens is 254 g/mol. The van der Waals surface area contributed by atoms with Gasteiger partial charge in [0.2, 0.25) is 0 Å². The molecule has 0 saturated carbocycles. The van der Waals surface area contributed by atoms with Crippen LogP contribution in [0.15, 0.2) is 29.8 Å². The van der Waals surface area contributed by atoms with Crippen molar-refractivity contribution in [2.45, 2.75) is 32.2 Å². The molecule has 0 radical (unpaired) electrons. The van der Waals surface area contributed by atoms with E-state index in [2.05, 4.69) is 45.4 Å². The van der Waals surface area contributed by atoms with Crippen LogP contribution in [0.3, 0.4) is 0 Å². The van der Waals surface area contributed by atoms with E-state index in [-0.39, 0.29) is 0 Å². The lowest BCUT2D eigenvalue weighted by Gasteiger charge is -2.31. The fourth-order valence-corrected chi connectivity index (χ4v) is 3.52. The van der Waals surface area contributed by atoms with Gasteiger partial charge in [-0.05, 0) is 38.4 Å². The SMILES string of the molecule is Cc1cccc(CN2CCCC(c3nccs3)C2)n1. The van der Waals surface area contributed by atoms with Crippen molar-refractivity contribution in [1.82, 2.24) is 14.9 Å². The normalized spacial score (nSPS) is 20.6. The second kappa shape index (κ2) is 5.80. The number of rotatable bonds is 3. The minimum absolute atomic E-state index is 0.610. The molecule has 3 rings (SSSR count). The highest BCUT2D eigenvalue weighted by Gasteiger charge is 2.23. The number of aromatic nitrogens is 2. The molecule has 1 aliphatic rings. The predicted octanol–water partition coefficient (Wildman–Crippen LogP) is 3.23. The average Bonchev–Trinajstić information content (AvgIpc) is 2.93. The van der Waals surface area contributed by atoms with Crippen LogP contribution < -0.4 is 0 Å². The maximum Gasteiger partial charge on any atom is 0.0968 e. The van der Waals surface area contributed by atoms with Gasteiger partial charge in [0.1, 0.15) is 0 Å². The molecule has 19 heavy (non-hydrogen) atoms. The zero-order chi connectivity index (χ0) is 13.1. The molecule has 1 saturated heterocycles. The monoisotopic (exact) mass is 273 g/mol. The van der Waals surface area contributed by atoms with Gasteiger partial charge in [-0.25, -0.2) is 4.98 Å². The first-order chi connectivity index (χ1) is 9.31. The van der Waals surface area contributed by atoms with Crippen molar-refractivity contribution in [3.8, 4) is 0 Å². The number of hydrogen-bond acceptors (Lipinski definition) is 4. The first kappa shape index (κ1) is 12.8. The molecule has 1 fully saturated rings. The zero-order valence-electron chi connectivity index (χ0n) is 11.2. The Bertz CT molecular complexity index is 524. The fourth-order valence-electron chi connectivity index (χ4n) is 2.75. The van der Waals surface area contributed by atoms with E-state index in [0.717, 1.165) is 18.8 Å². The van der Waals surface area contributed by atoms with E-state index < -0.39 is 0 Å². The Morgan fingerprint density at radius 3 is 3.16 bits per heavy atom. The summed E-state index contributed by atoms with van der Waals surface area (Å²) >= 11 is 1.79. The van der Waals surface area contributed by atoms with E-state index in [9.17, 15) is 0 Å². The van der Waals surface area contributed by atoms with Crippen molar-refractivity contribution in [2.75, 3.05) is 13.1 Å². The molecule has 1 atom stereocenters. The molecule has 0 aliphatic carbocycles. The van der Waals surface area contributed by atoms with Gasteiger partial charge in [0.25, 0.3) is 0 Å². The highest BCUT2D eigenvalue weighted by atomic mass is 32.1. The summed E-state index contributed by atoms with van der Waals surface area (Å²) in [5, 5.41) is 3.37.